The normalized spacial score (nSPS) is 21.9. The number of hydrogen-bond acceptors (Lipinski definition) is 6. The molecule has 1 aromatic heterocycles. The number of benzene rings is 1. The summed E-state index contributed by atoms with van der Waals surface area (Å²) in [6, 6.07) is 4.89. The Balaban J connectivity index is 1.47. The number of nitrogens with one attached hydrogen (secondary N) is 1. The lowest BCUT2D eigenvalue weighted by atomic mass is 10.1. The Labute approximate surface area is 157 Å². The molecule has 1 atom stereocenters. The van der Waals surface area contributed by atoms with Crippen molar-refractivity contribution in [2.75, 3.05) is 23.4 Å². The van der Waals surface area contributed by atoms with Gasteiger partial charge in [0.15, 0.2) is 15.7 Å². The minimum atomic E-state index is -3.06. The number of hydrogen-bond donors (Lipinski definition) is 1. The lowest BCUT2D eigenvalue weighted by Gasteiger charge is -2.33. The lowest BCUT2D eigenvalue weighted by molar-refractivity contribution is 0.199. The van der Waals surface area contributed by atoms with E-state index in [1.54, 1.807) is 17.9 Å². The fourth-order valence-corrected chi connectivity index (χ4v) is 4.84. The topological polar surface area (TPSA) is 105 Å². The number of aryl methyl sites for hydroxylation is 1. The van der Waals surface area contributed by atoms with Gasteiger partial charge in [0.05, 0.1) is 11.5 Å². The zero-order chi connectivity index (χ0) is 19.2. The Morgan fingerprint density at radius 1 is 1.33 bits per heavy atom. The van der Waals surface area contributed by atoms with E-state index >= 15 is 0 Å². The predicted octanol–water partition coefficient (Wildman–Crippen LogP) is 2.57. The molecule has 1 saturated carbocycles. The molecule has 144 valence electrons. The van der Waals surface area contributed by atoms with Crippen LogP contribution in [0.3, 0.4) is 0 Å². The number of urea groups is 1. The van der Waals surface area contributed by atoms with Gasteiger partial charge in [0.2, 0.25) is 0 Å². The van der Waals surface area contributed by atoms with Gasteiger partial charge in [-0.1, -0.05) is 5.16 Å². The van der Waals surface area contributed by atoms with Crippen LogP contribution in [0, 0.1) is 6.92 Å². The Morgan fingerprint density at radius 2 is 2.11 bits per heavy atom. The van der Waals surface area contributed by atoms with E-state index in [2.05, 4.69) is 15.5 Å². The first-order chi connectivity index (χ1) is 12.8. The average Bonchev–Trinajstić information content (AvgIpc) is 3.33. The molecule has 2 aliphatic rings. The van der Waals surface area contributed by atoms with Crippen LogP contribution in [0.25, 0.3) is 11.5 Å². The predicted molar refractivity (Wildman–Crippen MR) is 100 cm³/mol. The number of rotatable bonds is 3. The van der Waals surface area contributed by atoms with E-state index < -0.39 is 9.84 Å². The number of sulfone groups is 1. The summed E-state index contributed by atoms with van der Waals surface area (Å²) in [7, 11) is -3.06. The monoisotopic (exact) mass is 390 g/mol. The zero-order valence-corrected chi connectivity index (χ0v) is 16.1. The number of carbonyl (C=O) groups excluding carboxylic acids is 1. The van der Waals surface area contributed by atoms with E-state index in [4.69, 9.17) is 4.52 Å². The summed E-state index contributed by atoms with van der Waals surface area (Å²) in [6.07, 6.45) is 2.22. The van der Waals surface area contributed by atoms with Gasteiger partial charge in [-0.3, -0.25) is 0 Å². The van der Waals surface area contributed by atoms with Crippen molar-refractivity contribution in [1.29, 1.82) is 0 Å². The van der Waals surface area contributed by atoms with E-state index in [1.807, 2.05) is 19.1 Å². The molecule has 8 nitrogen and oxygen atoms in total. The standard InChI is InChI=1S/C18H22N4O4S/c1-11-9-14(17-20-16(21-26-17)13-3-4-13)5-6-15(11)19-18(23)22-7-8-27(24,25)10-12(22)2/h5-6,9,12-13H,3-4,7-8,10H2,1-2H3,(H,19,23)/t12-/m1/s1. The Kier molecular flexibility index (Phi) is 4.41. The van der Waals surface area contributed by atoms with Crippen molar-refractivity contribution in [3.8, 4) is 11.5 Å². The second kappa shape index (κ2) is 6.63. The van der Waals surface area contributed by atoms with Crippen molar-refractivity contribution < 1.29 is 17.7 Å². The second-order valence-electron chi connectivity index (χ2n) is 7.35. The van der Waals surface area contributed by atoms with Crippen molar-refractivity contribution in [1.82, 2.24) is 15.0 Å². The van der Waals surface area contributed by atoms with Crippen LogP contribution in [-0.2, 0) is 9.84 Å². The van der Waals surface area contributed by atoms with Gasteiger partial charge in [0.1, 0.15) is 0 Å². The molecule has 9 heteroatoms. The molecule has 2 amide bonds. The average molecular weight is 390 g/mol. The second-order valence-corrected chi connectivity index (χ2v) is 9.58. The van der Waals surface area contributed by atoms with Gasteiger partial charge < -0.3 is 14.7 Å². The van der Waals surface area contributed by atoms with Crippen molar-refractivity contribution in [3.05, 3.63) is 29.6 Å². The lowest BCUT2D eigenvalue weighted by Crippen LogP contribution is -2.51. The van der Waals surface area contributed by atoms with Crippen LogP contribution in [0.5, 0.6) is 0 Å². The highest BCUT2D eigenvalue weighted by Gasteiger charge is 2.31. The zero-order valence-electron chi connectivity index (χ0n) is 15.3. The summed E-state index contributed by atoms with van der Waals surface area (Å²) in [5, 5.41) is 6.90. The minimum Gasteiger partial charge on any atom is -0.334 e. The molecule has 0 unspecified atom stereocenters. The summed E-state index contributed by atoms with van der Waals surface area (Å²) < 4.78 is 28.7. The quantitative estimate of drug-likeness (QED) is 0.863. The van der Waals surface area contributed by atoms with Gasteiger partial charge >= 0.3 is 6.03 Å². The number of amides is 2. The van der Waals surface area contributed by atoms with Crippen LogP contribution in [0.15, 0.2) is 22.7 Å². The van der Waals surface area contributed by atoms with Crippen LogP contribution in [0.1, 0.15) is 37.1 Å². The van der Waals surface area contributed by atoms with Crippen molar-refractivity contribution in [3.63, 3.8) is 0 Å². The fourth-order valence-electron chi connectivity index (χ4n) is 3.28. The molecule has 0 radical (unpaired) electrons. The Bertz CT molecular complexity index is 981. The van der Waals surface area contributed by atoms with Crippen LogP contribution in [0.2, 0.25) is 0 Å². The third kappa shape index (κ3) is 3.83. The van der Waals surface area contributed by atoms with Gasteiger partial charge in [0, 0.05) is 29.8 Å². The highest BCUT2D eigenvalue weighted by atomic mass is 32.2. The van der Waals surface area contributed by atoms with Gasteiger partial charge in [0.25, 0.3) is 5.89 Å². The maximum Gasteiger partial charge on any atom is 0.322 e. The molecule has 2 fully saturated rings. The Morgan fingerprint density at radius 3 is 2.78 bits per heavy atom. The number of anilines is 1. The smallest absolute Gasteiger partial charge is 0.322 e. The highest BCUT2D eigenvalue weighted by molar-refractivity contribution is 7.91. The van der Waals surface area contributed by atoms with E-state index in [0.29, 0.717) is 17.5 Å². The maximum atomic E-state index is 12.6. The van der Waals surface area contributed by atoms with Gasteiger partial charge in [-0.25, -0.2) is 13.2 Å². The largest absolute Gasteiger partial charge is 0.334 e. The molecule has 1 aliphatic carbocycles. The third-order valence-corrected chi connectivity index (χ3v) is 6.83. The summed E-state index contributed by atoms with van der Waals surface area (Å²) >= 11 is 0. The van der Waals surface area contributed by atoms with E-state index in [0.717, 1.165) is 29.8 Å². The molecule has 0 bridgehead atoms. The summed E-state index contributed by atoms with van der Waals surface area (Å²) in [4.78, 5) is 18.6. The first-order valence-corrected chi connectivity index (χ1v) is 10.9. The molecular weight excluding hydrogens is 368 g/mol. The summed E-state index contributed by atoms with van der Waals surface area (Å²) in [5.74, 6) is 1.67. The summed E-state index contributed by atoms with van der Waals surface area (Å²) in [5.41, 5.74) is 2.35. The summed E-state index contributed by atoms with van der Waals surface area (Å²) in [6.45, 7) is 3.85. The first kappa shape index (κ1) is 18.0. The molecule has 1 aliphatic heterocycles. The molecular formula is C18H22N4O4S. The van der Waals surface area contributed by atoms with E-state index in [9.17, 15) is 13.2 Å². The van der Waals surface area contributed by atoms with E-state index in [1.165, 1.54) is 0 Å². The van der Waals surface area contributed by atoms with Crippen LogP contribution >= 0.6 is 0 Å². The van der Waals surface area contributed by atoms with Crippen molar-refractivity contribution in [2.24, 2.45) is 0 Å². The minimum absolute atomic E-state index is 0.00116. The molecule has 1 saturated heterocycles. The third-order valence-electron chi connectivity index (χ3n) is 5.03. The first-order valence-electron chi connectivity index (χ1n) is 9.05. The Hall–Kier alpha value is -2.42. The molecule has 4 rings (SSSR count). The van der Waals surface area contributed by atoms with E-state index in [-0.39, 0.29) is 30.1 Å². The van der Waals surface area contributed by atoms with Gasteiger partial charge in [-0.05, 0) is 50.5 Å². The molecule has 1 N–H and O–H groups in total. The van der Waals surface area contributed by atoms with Gasteiger partial charge in [-0.15, -0.1) is 0 Å². The van der Waals surface area contributed by atoms with Crippen LogP contribution < -0.4 is 5.32 Å². The molecule has 0 spiro atoms. The van der Waals surface area contributed by atoms with Crippen molar-refractivity contribution in [2.45, 2.75) is 38.6 Å². The van der Waals surface area contributed by atoms with Crippen LogP contribution in [-0.4, -0.2) is 53.6 Å². The maximum absolute atomic E-state index is 12.6. The molecule has 1 aromatic carbocycles. The SMILES string of the molecule is Cc1cc(-c2nc(C3CC3)no2)ccc1NC(=O)N1CCS(=O)(=O)C[C@H]1C. The highest BCUT2D eigenvalue weighted by Crippen LogP contribution is 2.39. The number of nitrogens with zero attached hydrogens (tertiary/aromatic N) is 3. The molecule has 2 heterocycles. The fraction of sp³-hybridized carbons (Fsp3) is 0.500. The number of aromatic nitrogens is 2. The van der Waals surface area contributed by atoms with Crippen molar-refractivity contribution >= 4 is 21.6 Å². The molecule has 27 heavy (non-hydrogen) atoms. The van der Waals surface area contributed by atoms with Gasteiger partial charge in [-0.2, -0.15) is 4.98 Å². The van der Waals surface area contributed by atoms with Crippen LogP contribution in [0.4, 0.5) is 10.5 Å². The molecule has 2 aromatic rings. The number of carbonyl (C=O) groups is 1.